The summed E-state index contributed by atoms with van der Waals surface area (Å²) >= 11 is 0. The summed E-state index contributed by atoms with van der Waals surface area (Å²) in [5.74, 6) is 0.494. The number of hydrogen-bond donors (Lipinski definition) is 1. The minimum Gasteiger partial charge on any atom is -0.330 e. The van der Waals surface area contributed by atoms with Gasteiger partial charge in [-0.15, -0.1) is 0 Å². The first-order valence-corrected chi connectivity index (χ1v) is 9.20. The molecule has 3 heterocycles. The highest BCUT2D eigenvalue weighted by Gasteiger charge is 2.39. The van der Waals surface area contributed by atoms with Crippen LogP contribution in [-0.4, -0.2) is 73.8 Å². The average molecular weight is 302 g/mol. The van der Waals surface area contributed by atoms with Crippen LogP contribution in [0.3, 0.4) is 0 Å². The highest BCUT2D eigenvalue weighted by atomic mass is 32.2. The van der Waals surface area contributed by atoms with E-state index in [1.807, 2.05) is 0 Å². The maximum absolute atomic E-state index is 12.7. The second-order valence-corrected chi connectivity index (χ2v) is 8.20. The Morgan fingerprint density at radius 3 is 2.40 bits per heavy atom. The summed E-state index contributed by atoms with van der Waals surface area (Å²) < 4.78 is 28.8. The predicted octanol–water partition coefficient (Wildman–Crippen LogP) is -0.318. The third-order valence-corrected chi connectivity index (χ3v) is 7.11. The molecule has 0 spiro atoms. The average Bonchev–Trinajstić information content (AvgIpc) is 2.94. The highest BCUT2D eigenvalue weighted by Crippen LogP contribution is 2.26. The van der Waals surface area contributed by atoms with Gasteiger partial charge in [0.05, 0.1) is 0 Å². The summed E-state index contributed by atoms with van der Waals surface area (Å²) in [7, 11) is -3.26. The normalized spacial score (nSPS) is 31.6. The van der Waals surface area contributed by atoms with Gasteiger partial charge in [0.2, 0.25) is 0 Å². The van der Waals surface area contributed by atoms with Crippen molar-refractivity contribution < 1.29 is 8.42 Å². The zero-order valence-corrected chi connectivity index (χ0v) is 12.9. The maximum Gasteiger partial charge on any atom is 0.282 e. The van der Waals surface area contributed by atoms with Crippen molar-refractivity contribution in [2.75, 3.05) is 45.8 Å². The van der Waals surface area contributed by atoms with Crippen LogP contribution in [0.4, 0.5) is 0 Å². The summed E-state index contributed by atoms with van der Waals surface area (Å²) in [5.41, 5.74) is 5.68. The van der Waals surface area contributed by atoms with Crippen LogP contribution in [-0.2, 0) is 10.2 Å². The van der Waals surface area contributed by atoms with Crippen LogP contribution in [0.15, 0.2) is 0 Å². The molecule has 0 aliphatic carbocycles. The van der Waals surface area contributed by atoms with Gasteiger partial charge in [-0.05, 0) is 44.7 Å². The molecule has 0 aromatic carbocycles. The molecular formula is C13H26N4O2S. The lowest BCUT2D eigenvalue weighted by Gasteiger charge is -2.40. The van der Waals surface area contributed by atoms with Gasteiger partial charge in [0, 0.05) is 38.8 Å². The maximum atomic E-state index is 12.7. The van der Waals surface area contributed by atoms with Crippen LogP contribution in [0.2, 0.25) is 0 Å². The molecule has 0 bridgehead atoms. The Morgan fingerprint density at radius 2 is 1.70 bits per heavy atom. The van der Waals surface area contributed by atoms with Crippen LogP contribution in [0.25, 0.3) is 0 Å². The summed E-state index contributed by atoms with van der Waals surface area (Å²) in [6.07, 6.45) is 4.15. The minimum atomic E-state index is -3.26. The Bertz CT molecular complexity index is 434. The molecule has 7 heteroatoms. The van der Waals surface area contributed by atoms with Crippen molar-refractivity contribution in [3.8, 4) is 0 Å². The number of piperidine rings is 1. The predicted molar refractivity (Wildman–Crippen MR) is 78.4 cm³/mol. The van der Waals surface area contributed by atoms with Gasteiger partial charge in [0.15, 0.2) is 0 Å². The smallest absolute Gasteiger partial charge is 0.282 e. The number of hydrogen-bond acceptors (Lipinski definition) is 4. The fourth-order valence-corrected chi connectivity index (χ4v) is 5.38. The van der Waals surface area contributed by atoms with Gasteiger partial charge < -0.3 is 5.73 Å². The molecule has 1 unspecified atom stereocenters. The molecule has 0 aromatic rings. The van der Waals surface area contributed by atoms with Gasteiger partial charge in [-0.25, -0.2) is 0 Å². The number of piperazine rings is 1. The number of nitrogens with two attached hydrogens (primary N) is 1. The zero-order chi connectivity index (χ0) is 14.2. The SMILES string of the molecule is NCC1CCN(S(=O)(=O)N2CCN3CCCC3C2)CC1. The molecule has 0 amide bonds. The monoisotopic (exact) mass is 302 g/mol. The number of rotatable bonds is 3. The Balaban J connectivity index is 1.63. The molecule has 20 heavy (non-hydrogen) atoms. The van der Waals surface area contributed by atoms with Gasteiger partial charge in [-0.3, -0.25) is 4.90 Å². The topological polar surface area (TPSA) is 69.9 Å². The van der Waals surface area contributed by atoms with E-state index in [2.05, 4.69) is 4.90 Å². The third-order valence-electron chi connectivity index (χ3n) is 5.11. The number of fused-ring (bicyclic) bond motifs is 1. The van der Waals surface area contributed by atoms with Crippen LogP contribution < -0.4 is 5.73 Å². The highest BCUT2D eigenvalue weighted by molar-refractivity contribution is 7.86. The van der Waals surface area contributed by atoms with Crippen molar-refractivity contribution in [2.24, 2.45) is 11.7 Å². The van der Waals surface area contributed by atoms with Gasteiger partial charge in [0.1, 0.15) is 0 Å². The molecule has 116 valence electrons. The Morgan fingerprint density at radius 1 is 0.950 bits per heavy atom. The van der Waals surface area contributed by atoms with E-state index in [1.54, 1.807) is 8.61 Å². The first kappa shape index (κ1) is 14.7. The summed E-state index contributed by atoms with van der Waals surface area (Å²) in [5, 5.41) is 0. The van der Waals surface area contributed by atoms with E-state index in [0.717, 1.165) is 32.4 Å². The first-order valence-electron chi connectivity index (χ1n) is 7.80. The standard InChI is InChI=1S/C13H26N4O2S/c14-10-12-3-6-16(7-4-12)20(18,19)17-9-8-15-5-1-2-13(15)11-17/h12-13H,1-11,14H2. The molecule has 1 atom stereocenters. The summed E-state index contributed by atoms with van der Waals surface area (Å²) in [6, 6.07) is 0.445. The van der Waals surface area contributed by atoms with Crippen molar-refractivity contribution >= 4 is 10.2 Å². The second-order valence-electron chi connectivity index (χ2n) is 6.28. The number of nitrogens with zero attached hydrogens (tertiary/aromatic N) is 3. The van der Waals surface area contributed by atoms with E-state index in [1.165, 1.54) is 6.42 Å². The van der Waals surface area contributed by atoms with Crippen LogP contribution in [0, 0.1) is 5.92 Å². The summed E-state index contributed by atoms with van der Waals surface area (Å²) in [4.78, 5) is 2.44. The molecule has 0 saturated carbocycles. The van der Waals surface area contributed by atoms with E-state index in [-0.39, 0.29) is 0 Å². The fraction of sp³-hybridized carbons (Fsp3) is 1.00. The van der Waals surface area contributed by atoms with E-state index in [9.17, 15) is 8.42 Å². The van der Waals surface area contributed by atoms with Crippen molar-refractivity contribution in [3.05, 3.63) is 0 Å². The van der Waals surface area contributed by atoms with Gasteiger partial charge >= 0.3 is 0 Å². The van der Waals surface area contributed by atoms with Crippen molar-refractivity contribution in [1.29, 1.82) is 0 Å². The largest absolute Gasteiger partial charge is 0.330 e. The molecule has 3 aliphatic rings. The first-order chi connectivity index (χ1) is 9.61. The fourth-order valence-electron chi connectivity index (χ4n) is 3.71. The molecule has 3 fully saturated rings. The van der Waals surface area contributed by atoms with Gasteiger partial charge in [-0.2, -0.15) is 17.0 Å². The van der Waals surface area contributed by atoms with E-state index in [4.69, 9.17) is 5.73 Å². The third kappa shape index (κ3) is 2.74. The van der Waals surface area contributed by atoms with Crippen molar-refractivity contribution in [3.63, 3.8) is 0 Å². The molecule has 3 aliphatic heterocycles. The Hall–Kier alpha value is -0.210. The minimum absolute atomic E-state index is 0.445. The molecule has 3 rings (SSSR count). The van der Waals surface area contributed by atoms with Crippen molar-refractivity contribution in [2.45, 2.75) is 31.7 Å². The van der Waals surface area contributed by atoms with Crippen LogP contribution in [0.1, 0.15) is 25.7 Å². The lowest BCUT2D eigenvalue weighted by atomic mass is 9.99. The Kier molecular flexibility index (Phi) is 4.33. The Labute approximate surface area is 122 Å². The molecule has 6 nitrogen and oxygen atoms in total. The molecule has 3 saturated heterocycles. The lowest BCUT2D eigenvalue weighted by Crippen LogP contribution is -2.56. The van der Waals surface area contributed by atoms with Crippen LogP contribution in [0.5, 0.6) is 0 Å². The quantitative estimate of drug-likeness (QED) is 0.776. The second kappa shape index (κ2) is 5.88. The zero-order valence-electron chi connectivity index (χ0n) is 12.1. The van der Waals surface area contributed by atoms with E-state index < -0.39 is 10.2 Å². The van der Waals surface area contributed by atoms with Gasteiger partial charge in [-0.1, -0.05) is 0 Å². The van der Waals surface area contributed by atoms with Gasteiger partial charge in [0.25, 0.3) is 10.2 Å². The molecule has 2 N–H and O–H groups in total. The summed E-state index contributed by atoms with van der Waals surface area (Å²) in [6.45, 7) is 5.30. The van der Waals surface area contributed by atoms with Crippen LogP contribution >= 0.6 is 0 Å². The van der Waals surface area contributed by atoms with E-state index in [0.29, 0.717) is 44.7 Å². The molecular weight excluding hydrogens is 276 g/mol. The lowest BCUT2D eigenvalue weighted by molar-refractivity contribution is 0.148. The molecule has 0 radical (unpaired) electrons. The molecule has 0 aromatic heterocycles. The van der Waals surface area contributed by atoms with Crippen molar-refractivity contribution in [1.82, 2.24) is 13.5 Å². The van der Waals surface area contributed by atoms with E-state index >= 15 is 0 Å².